The summed E-state index contributed by atoms with van der Waals surface area (Å²) in [6.07, 6.45) is 0. The van der Waals surface area contributed by atoms with Gasteiger partial charge in [0, 0.05) is 23.2 Å². The summed E-state index contributed by atoms with van der Waals surface area (Å²) >= 11 is 1.14. The molecule has 2 amide bonds. The second kappa shape index (κ2) is 7.78. The van der Waals surface area contributed by atoms with Gasteiger partial charge in [0.25, 0.3) is 0 Å². The standard InChI is InChI=1S/C17H17FN2O2S/c1-11-14(19-12(2)21)7-5-8-15(11)20-17(22)10-23-16-9-4-3-6-13(16)18/h3-9H,10H2,1-2H3,(H,19,21)(H,20,22). The SMILES string of the molecule is CC(=O)Nc1cccc(NC(=O)CSc2ccccc2F)c1C. The number of halogens is 1. The third-order valence-electron chi connectivity index (χ3n) is 3.11. The average molecular weight is 332 g/mol. The normalized spacial score (nSPS) is 10.2. The molecule has 2 rings (SSSR count). The molecule has 4 nitrogen and oxygen atoms in total. The average Bonchev–Trinajstić information content (AvgIpc) is 2.50. The molecule has 2 N–H and O–H groups in total. The fraction of sp³-hybridized carbons (Fsp3) is 0.176. The van der Waals surface area contributed by atoms with Crippen molar-refractivity contribution in [1.82, 2.24) is 0 Å². The zero-order valence-electron chi connectivity index (χ0n) is 12.9. The molecule has 0 aliphatic carbocycles. The summed E-state index contributed by atoms with van der Waals surface area (Å²) in [7, 11) is 0. The smallest absolute Gasteiger partial charge is 0.234 e. The third kappa shape index (κ3) is 4.82. The van der Waals surface area contributed by atoms with Crippen LogP contribution in [0.15, 0.2) is 47.4 Å². The molecule has 6 heteroatoms. The van der Waals surface area contributed by atoms with E-state index in [4.69, 9.17) is 0 Å². The molecule has 2 aromatic carbocycles. The molecule has 0 spiro atoms. The highest BCUT2D eigenvalue weighted by molar-refractivity contribution is 8.00. The number of benzene rings is 2. The van der Waals surface area contributed by atoms with Crippen molar-refractivity contribution in [3.05, 3.63) is 53.8 Å². The minimum absolute atomic E-state index is 0.102. The van der Waals surface area contributed by atoms with Gasteiger partial charge in [-0.25, -0.2) is 4.39 Å². The van der Waals surface area contributed by atoms with E-state index in [0.29, 0.717) is 16.3 Å². The van der Waals surface area contributed by atoms with Crippen molar-refractivity contribution < 1.29 is 14.0 Å². The molecule has 0 aromatic heterocycles. The summed E-state index contributed by atoms with van der Waals surface area (Å²) in [4.78, 5) is 23.6. The summed E-state index contributed by atoms with van der Waals surface area (Å²) in [5.74, 6) is -0.646. The zero-order valence-corrected chi connectivity index (χ0v) is 13.7. The third-order valence-corrected chi connectivity index (χ3v) is 4.16. The van der Waals surface area contributed by atoms with E-state index in [2.05, 4.69) is 10.6 Å². The first-order valence-corrected chi connectivity index (χ1v) is 8.00. The lowest BCUT2D eigenvalue weighted by atomic mass is 10.1. The Morgan fingerprint density at radius 1 is 1.04 bits per heavy atom. The summed E-state index contributed by atoms with van der Waals surface area (Å²) in [5.41, 5.74) is 2.04. The van der Waals surface area contributed by atoms with E-state index in [0.717, 1.165) is 17.3 Å². The first kappa shape index (κ1) is 17.0. The van der Waals surface area contributed by atoms with Crippen molar-refractivity contribution >= 4 is 35.0 Å². The Kier molecular flexibility index (Phi) is 5.76. The second-order valence-corrected chi connectivity index (χ2v) is 5.94. The largest absolute Gasteiger partial charge is 0.326 e. The van der Waals surface area contributed by atoms with Crippen LogP contribution in [0.5, 0.6) is 0 Å². The van der Waals surface area contributed by atoms with Crippen LogP contribution in [0, 0.1) is 12.7 Å². The zero-order chi connectivity index (χ0) is 16.8. The molecule has 0 radical (unpaired) electrons. The van der Waals surface area contributed by atoms with Gasteiger partial charge in [-0.15, -0.1) is 11.8 Å². The summed E-state index contributed by atoms with van der Waals surface area (Å²) < 4.78 is 13.5. The Morgan fingerprint density at radius 2 is 1.70 bits per heavy atom. The molecular weight excluding hydrogens is 315 g/mol. The molecule has 0 saturated carbocycles. The molecule has 0 heterocycles. The number of carbonyl (C=O) groups excluding carboxylic acids is 2. The number of rotatable bonds is 5. The van der Waals surface area contributed by atoms with Crippen molar-refractivity contribution in [2.45, 2.75) is 18.7 Å². The maximum absolute atomic E-state index is 13.5. The van der Waals surface area contributed by atoms with Gasteiger partial charge in [0.2, 0.25) is 11.8 Å². The predicted octanol–water partition coefficient (Wildman–Crippen LogP) is 3.82. The quantitative estimate of drug-likeness (QED) is 0.818. The minimum atomic E-state index is -0.339. The van der Waals surface area contributed by atoms with Crippen LogP contribution < -0.4 is 10.6 Å². The lowest BCUT2D eigenvalue weighted by molar-refractivity contribution is -0.114. The second-order valence-electron chi connectivity index (χ2n) is 4.93. The lowest BCUT2D eigenvalue weighted by Gasteiger charge is -2.12. The molecule has 0 aliphatic rings. The molecule has 120 valence electrons. The molecule has 0 bridgehead atoms. The summed E-state index contributed by atoms with van der Waals surface area (Å²) in [6.45, 7) is 3.24. The monoisotopic (exact) mass is 332 g/mol. The lowest BCUT2D eigenvalue weighted by Crippen LogP contribution is -2.16. The van der Waals surface area contributed by atoms with Gasteiger partial charge in [0.05, 0.1) is 5.75 Å². The Balaban J connectivity index is 2.00. The van der Waals surface area contributed by atoms with Crippen LogP contribution in [0.1, 0.15) is 12.5 Å². The van der Waals surface area contributed by atoms with Crippen molar-refractivity contribution in [3.8, 4) is 0 Å². The molecule has 0 saturated heterocycles. The Bertz CT molecular complexity index is 734. The van der Waals surface area contributed by atoms with Crippen molar-refractivity contribution in [2.24, 2.45) is 0 Å². The van der Waals surface area contributed by atoms with Crippen LogP contribution in [0.2, 0.25) is 0 Å². The number of amides is 2. The maximum Gasteiger partial charge on any atom is 0.234 e. The molecule has 23 heavy (non-hydrogen) atoms. The number of anilines is 2. The number of hydrogen-bond donors (Lipinski definition) is 2. The fourth-order valence-electron chi connectivity index (χ4n) is 1.99. The Morgan fingerprint density at radius 3 is 2.35 bits per heavy atom. The van der Waals surface area contributed by atoms with Crippen LogP contribution >= 0.6 is 11.8 Å². The molecule has 0 fully saturated rings. The van der Waals surface area contributed by atoms with Gasteiger partial charge in [-0.3, -0.25) is 9.59 Å². The Hall–Kier alpha value is -2.34. The van der Waals surface area contributed by atoms with Crippen LogP contribution in [-0.2, 0) is 9.59 Å². The fourth-order valence-corrected chi connectivity index (χ4v) is 2.73. The number of nitrogens with one attached hydrogen (secondary N) is 2. The van der Waals surface area contributed by atoms with Crippen LogP contribution in [-0.4, -0.2) is 17.6 Å². The first-order valence-electron chi connectivity index (χ1n) is 7.01. The van der Waals surface area contributed by atoms with Crippen molar-refractivity contribution in [1.29, 1.82) is 0 Å². The molecule has 2 aromatic rings. The topological polar surface area (TPSA) is 58.2 Å². The van der Waals surface area contributed by atoms with Gasteiger partial charge >= 0.3 is 0 Å². The van der Waals surface area contributed by atoms with Crippen LogP contribution in [0.25, 0.3) is 0 Å². The van der Waals surface area contributed by atoms with Gasteiger partial charge < -0.3 is 10.6 Å². The summed E-state index contributed by atoms with van der Waals surface area (Å²) in [5, 5.41) is 5.49. The molecule has 0 unspecified atom stereocenters. The van der Waals surface area contributed by atoms with Crippen LogP contribution in [0.3, 0.4) is 0 Å². The van der Waals surface area contributed by atoms with E-state index in [1.54, 1.807) is 36.4 Å². The van der Waals surface area contributed by atoms with E-state index in [1.165, 1.54) is 13.0 Å². The Labute approximate surface area is 138 Å². The van der Waals surface area contributed by atoms with Gasteiger partial charge in [0.15, 0.2) is 0 Å². The van der Waals surface area contributed by atoms with Crippen molar-refractivity contribution in [2.75, 3.05) is 16.4 Å². The van der Waals surface area contributed by atoms with Crippen molar-refractivity contribution in [3.63, 3.8) is 0 Å². The highest BCUT2D eigenvalue weighted by Crippen LogP contribution is 2.25. The van der Waals surface area contributed by atoms with Gasteiger partial charge in [-0.2, -0.15) is 0 Å². The highest BCUT2D eigenvalue weighted by Gasteiger charge is 2.10. The molecular formula is C17H17FN2O2S. The number of carbonyl (C=O) groups is 2. The van der Waals surface area contributed by atoms with Gasteiger partial charge in [-0.05, 0) is 36.8 Å². The maximum atomic E-state index is 13.5. The van der Waals surface area contributed by atoms with Gasteiger partial charge in [0.1, 0.15) is 5.82 Å². The highest BCUT2D eigenvalue weighted by atomic mass is 32.2. The predicted molar refractivity (Wildman–Crippen MR) is 91.2 cm³/mol. The van der Waals surface area contributed by atoms with E-state index in [1.807, 2.05) is 6.92 Å². The number of hydrogen-bond acceptors (Lipinski definition) is 3. The van der Waals surface area contributed by atoms with Gasteiger partial charge in [-0.1, -0.05) is 18.2 Å². The van der Waals surface area contributed by atoms with E-state index in [-0.39, 0.29) is 23.4 Å². The molecule has 0 aliphatic heterocycles. The van der Waals surface area contributed by atoms with E-state index in [9.17, 15) is 14.0 Å². The molecule has 0 atom stereocenters. The summed E-state index contributed by atoms with van der Waals surface area (Å²) in [6, 6.07) is 11.6. The van der Waals surface area contributed by atoms with E-state index >= 15 is 0 Å². The number of thioether (sulfide) groups is 1. The first-order chi connectivity index (χ1) is 11.0. The minimum Gasteiger partial charge on any atom is -0.326 e. The van der Waals surface area contributed by atoms with E-state index < -0.39 is 0 Å². The van der Waals surface area contributed by atoms with Crippen LogP contribution in [0.4, 0.5) is 15.8 Å².